The van der Waals surface area contributed by atoms with Gasteiger partial charge < -0.3 is 10.8 Å². The number of benzene rings is 1. The molecule has 0 saturated carbocycles. The van der Waals surface area contributed by atoms with Gasteiger partial charge in [-0.3, -0.25) is 0 Å². The molecule has 0 bridgehead atoms. The van der Waals surface area contributed by atoms with E-state index in [9.17, 15) is 5.11 Å². The van der Waals surface area contributed by atoms with Crippen LogP contribution >= 0.6 is 0 Å². The van der Waals surface area contributed by atoms with E-state index in [1.54, 1.807) is 19.1 Å². The van der Waals surface area contributed by atoms with Crippen molar-refractivity contribution in [1.82, 2.24) is 0 Å². The zero-order chi connectivity index (χ0) is 7.61. The first-order valence-corrected chi connectivity index (χ1v) is 3.17. The summed E-state index contributed by atoms with van der Waals surface area (Å²) in [6.45, 7) is 1.56. The Labute approximate surface area is 60.3 Å². The highest BCUT2D eigenvalue weighted by atomic mass is 16.3. The molecule has 0 heterocycles. The van der Waals surface area contributed by atoms with E-state index in [0.29, 0.717) is 0 Å². The van der Waals surface area contributed by atoms with Gasteiger partial charge in [-0.1, -0.05) is 30.3 Å². The van der Waals surface area contributed by atoms with Gasteiger partial charge in [0.05, 0.1) is 0 Å². The van der Waals surface area contributed by atoms with E-state index in [1.807, 2.05) is 18.2 Å². The van der Waals surface area contributed by atoms with Gasteiger partial charge in [-0.25, -0.2) is 0 Å². The van der Waals surface area contributed by atoms with Crippen LogP contribution in [-0.2, 0) is 5.72 Å². The predicted molar refractivity (Wildman–Crippen MR) is 40.2 cm³/mol. The van der Waals surface area contributed by atoms with E-state index >= 15 is 0 Å². The molecule has 0 aliphatic carbocycles. The van der Waals surface area contributed by atoms with Crippen LogP contribution in [-0.4, -0.2) is 5.11 Å². The first-order valence-electron chi connectivity index (χ1n) is 3.17. The van der Waals surface area contributed by atoms with Crippen molar-refractivity contribution in [2.45, 2.75) is 12.6 Å². The molecule has 1 atom stereocenters. The van der Waals surface area contributed by atoms with Crippen LogP contribution in [0.2, 0.25) is 0 Å². The monoisotopic (exact) mass is 137 g/mol. The first-order chi connectivity index (χ1) is 4.61. The fourth-order valence-electron chi connectivity index (χ4n) is 0.776. The molecule has 1 rings (SSSR count). The molecular weight excluding hydrogens is 126 g/mol. The van der Waals surface area contributed by atoms with Crippen LogP contribution in [0.3, 0.4) is 0 Å². The van der Waals surface area contributed by atoms with E-state index in [4.69, 9.17) is 5.73 Å². The lowest BCUT2D eigenvalue weighted by molar-refractivity contribution is 0.0647. The summed E-state index contributed by atoms with van der Waals surface area (Å²) in [4.78, 5) is 0. The Morgan fingerprint density at radius 1 is 1.30 bits per heavy atom. The van der Waals surface area contributed by atoms with Gasteiger partial charge in [-0.15, -0.1) is 0 Å². The Kier molecular flexibility index (Phi) is 1.74. The number of nitrogens with two attached hydrogens (primary N) is 1. The van der Waals surface area contributed by atoms with Gasteiger partial charge in [0.15, 0.2) is 0 Å². The van der Waals surface area contributed by atoms with Crippen molar-refractivity contribution in [2.75, 3.05) is 0 Å². The molecule has 0 fully saturated rings. The molecule has 0 aliphatic heterocycles. The summed E-state index contributed by atoms with van der Waals surface area (Å²) in [6, 6.07) is 9.16. The Balaban J connectivity index is 2.97. The largest absolute Gasteiger partial charge is 0.372 e. The third kappa shape index (κ3) is 1.56. The fourth-order valence-corrected chi connectivity index (χ4v) is 0.776. The van der Waals surface area contributed by atoms with Crippen LogP contribution in [0.4, 0.5) is 0 Å². The molecule has 0 amide bonds. The second-order valence-corrected chi connectivity index (χ2v) is 2.51. The van der Waals surface area contributed by atoms with E-state index in [-0.39, 0.29) is 0 Å². The standard InChI is InChI=1S/C8H11NO/c1-8(9,10)7-5-3-2-4-6-7/h2-6,10H,9H2,1H3/t8-/m1/s1. The molecule has 10 heavy (non-hydrogen) atoms. The highest BCUT2D eigenvalue weighted by molar-refractivity contribution is 5.19. The van der Waals surface area contributed by atoms with Gasteiger partial charge in [-0.2, -0.15) is 0 Å². The lowest BCUT2D eigenvalue weighted by Gasteiger charge is -2.16. The fraction of sp³-hybridized carbons (Fsp3) is 0.250. The maximum absolute atomic E-state index is 9.27. The topological polar surface area (TPSA) is 46.2 Å². The summed E-state index contributed by atoms with van der Waals surface area (Å²) in [5.41, 5.74) is 4.94. The lowest BCUT2D eigenvalue weighted by atomic mass is 10.1. The Morgan fingerprint density at radius 2 is 1.80 bits per heavy atom. The highest BCUT2D eigenvalue weighted by Gasteiger charge is 2.14. The van der Waals surface area contributed by atoms with Gasteiger partial charge in [-0.05, 0) is 12.5 Å². The summed E-state index contributed by atoms with van der Waals surface area (Å²) in [5.74, 6) is 0. The van der Waals surface area contributed by atoms with Crippen LogP contribution in [0.15, 0.2) is 30.3 Å². The summed E-state index contributed by atoms with van der Waals surface area (Å²) in [7, 11) is 0. The minimum atomic E-state index is -1.21. The number of hydrogen-bond donors (Lipinski definition) is 2. The smallest absolute Gasteiger partial charge is 0.136 e. The summed E-state index contributed by atoms with van der Waals surface area (Å²) >= 11 is 0. The summed E-state index contributed by atoms with van der Waals surface area (Å²) in [6.07, 6.45) is 0. The third-order valence-electron chi connectivity index (χ3n) is 1.36. The van der Waals surface area contributed by atoms with Crippen LogP contribution in [0.25, 0.3) is 0 Å². The second-order valence-electron chi connectivity index (χ2n) is 2.51. The molecule has 54 valence electrons. The molecule has 1 aromatic rings. The molecule has 0 aliphatic rings. The first kappa shape index (κ1) is 7.25. The molecule has 0 saturated heterocycles. The molecule has 1 aromatic carbocycles. The number of rotatable bonds is 1. The molecule has 0 radical (unpaired) electrons. The normalized spacial score (nSPS) is 16.3. The number of hydrogen-bond acceptors (Lipinski definition) is 2. The third-order valence-corrected chi connectivity index (χ3v) is 1.36. The SMILES string of the molecule is C[C@@](N)(O)c1ccccc1. The van der Waals surface area contributed by atoms with Crippen molar-refractivity contribution in [3.63, 3.8) is 0 Å². The van der Waals surface area contributed by atoms with Gasteiger partial charge in [0.2, 0.25) is 0 Å². The minimum Gasteiger partial charge on any atom is -0.372 e. The molecule has 2 nitrogen and oxygen atoms in total. The lowest BCUT2D eigenvalue weighted by Crippen LogP contribution is -2.31. The highest BCUT2D eigenvalue weighted by Crippen LogP contribution is 2.12. The van der Waals surface area contributed by atoms with Crippen LogP contribution < -0.4 is 5.73 Å². The maximum Gasteiger partial charge on any atom is 0.136 e. The zero-order valence-corrected chi connectivity index (χ0v) is 5.91. The maximum atomic E-state index is 9.27. The quantitative estimate of drug-likeness (QED) is 0.563. The van der Waals surface area contributed by atoms with Crippen LogP contribution in [0.5, 0.6) is 0 Å². The molecule has 2 heteroatoms. The van der Waals surface area contributed by atoms with Crippen LogP contribution in [0.1, 0.15) is 12.5 Å². The van der Waals surface area contributed by atoms with Crippen molar-refractivity contribution in [2.24, 2.45) is 5.73 Å². The Bertz CT molecular complexity index is 200. The average Bonchev–Trinajstić information content (AvgIpc) is 1.88. The van der Waals surface area contributed by atoms with Crippen molar-refractivity contribution in [3.05, 3.63) is 35.9 Å². The average molecular weight is 137 g/mol. The van der Waals surface area contributed by atoms with E-state index in [1.165, 1.54) is 0 Å². The van der Waals surface area contributed by atoms with E-state index < -0.39 is 5.72 Å². The Morgan fingerprint density at radius 3 is 2.10 bits per heavy atom. The summed E-state index contributed by atoms with van der Waals surface area (Å²) in [5, 5.41) is 9.27. The van der Waals surface area contributed by atoms with E-state index in [2.05, 4.69) is 0 Å². The molecule has 3 N–H and O–H groups in total. The number of aliphatic hydroxyl groups is 1. The van der Waals surface area contributed by atoms with Gasteiger partial charge >= 0.3 is 0 Å². The van der Waals surface area contributed by atoms with Crippen molar-refractivity contribution in [1.29, 1.82) is 0 Å². The van der Waals surface area contributed by atoms with Crippen molar-refractivity contribution in [3.8, 4) is 0 Å². The predicted octanol–water partition coefficient (Wildman–Crippen LogP) is 0.810. The Hall–Kier alpha value is -0.860. The van der Waals surface area contributed by atoms with Gasteiger partial charge in [0.1, 0.15) is 5.72 Å². The molecular formula is C8H11NO. The zero-order valence-electron chi connectivity index (χ0n) is 5.91. The second kappa shape index (κ2) is 2.40. The van der Waals surface area contributed by atoms with Gasteiger partial charge in [0, 0.05) is 0 Å². The van der Waals surface area contributed by atoms with Crippen LogP contribution in [0, 0.1) is 0 Å². The molecule has 0 spiro atoms. The minimum absolute atomic E-state index is 0.731. The molecule has 0 unspecified atom stereocenters. The van der Waals surface area contributed by atoms with E-state index in [0.717, 1.165) is 5.56 Å². The van der Waals surface area contributed by atoms with Crippen molar-refractivity contribution < 1.29 is 5.11 Å². The molecule has 0 aromatic heterocycles. The van der Waals surface area contributed by atoms with Crippen molar-refractivity contribution >= 4 is 0 Å². The summed E-state index contributed by atoms with van der Waals surface area (Å²) < 4.78 is 0. The van der Waals surface area contributed by atoms with Gasteiger partial charge in [0.25, 0.3) is 0 Å².